The lowest BCUT2D eigenvalue weighted by molar-refractivity contribution is -0.122. The average Bonchev–Trinajstić information content (AvgIpc) is 2.45. The van der Waals surface area contributed by atoms with Gasteiger partial charge in [0, 0.05) is 6.54 Å². The zero-order chi connectivity index (χ0) is 14.1. The fourth-order valence-electron chi connectivity index (χ4n) is 1.84. The van der Waals surface area contributed by atoms with Gasteiger partial charge in [-0.05, 0) is 37.2 Å². The van der Waals surface area contributed by atoms with Crippen LogP contribution in [0.1, 0.15) is 19.4 Å². The van der Waals surface area contributed by atoms with Crippen molar-refractivity contribution in [3.63, 3.8) is 0 Å². The summed E-state index contributed by atoms with van der Waals surface area (Å²) in [4.78, 5) is 13.8. The van der Waals surface area contributed by atoms with Gasteiger partial charge in [0.25, 0.3) is 0 Å². The molecule has 19 heavy (non-hydrogen) atoms. The fraction of sp³-hybridized carbons (Fsp3) is 0.533. The first-order valence-electron chi connectivity index (χ1n) is 6.81. The molecule has 0 aromatic heterocycles. The van der Waals surface area contributed by atoms with Gasteiger partial charge in [-0.1, -0.05) is 26.0 Å². The third kappa shape index (κ3) is 5.75. The Kier molecular flexibility index (Phi) is 6.97. The predicted molar refractivity (Wildman–Crippen MR) is 77.5 cm³/mol. The molecule has 0 unspecified atom stereocenters. The molecule has 1 N–H and O–H groups in total. The Morgan fingerprint density at radius 3 is 2.37 bits per heavy atom. The third-order valence-electron chi connectivity index (χ3n) is 3.16. The van der Waals surface area contributed by atoms with Crippen LogP contribution in [0.4, 0.5) is 0 Å². The zero-order valence-electron chi connectivity index (χ0n) is 12.1. The normalized spacial score (nSPS) is 10.5. The van der Waals surface area contributed by atoms with Gasteiger partial charge in [0.05, 0.1) is 13.7 Å². The highest BCUT2D eigenvalue weighted by atomic mass is 16.5. The summed E-state index contributed by atoms with van der Waals surface area (Å²) >= 11 is 0. The monoisotopic (exact) mass is 264 g/mol. The van der Waals surface area contributed by atoms with Crippen molar-refractivity contribution in [1.82, 2.24) is 10.2 Å². The van der Waals surface area contributed by atoms with E-state index in [2.05, 4.69) is 24.1 Å². The third-order valence-corrected chi connectivity index (χ3v) is 3.16. The van der Waals surface area contributed by atoms with Gasteiger partial charge in [0.1, 0.15) is 5.75 Å². The second-order valence-corrected chi connectivity index (χ2v) is 4.41. The predicted octanol–water partition coefficient (Wildman–Crippen LogP) is 1.70. The molecule has 0 bridgehead atoms. The van der Waals surface area contributed by atoms with Gasteiger partial charge >= 0.3 is 0 Å². The number of carbonyl (C=O) groups excluding carboxylic acids is 1. The highest BCUT2D eigenvalue weighted by Crippen LogP contribution is 2.11. The van der Waals surface area contributed by atoms with E-state index in [4.69, 9.17) is 4.74 Å². The van der Waals surface area contributed by atoms with E-state index in [9.17, 15) is 4.79 Å². The molecule has 0 spiro atoms. The van der Waals surface area contributed by atoms with Crippen molar-refractivity contribution in [2.75, 3.05) is 33.3 Å². The molecule has 1 amide bonds. The number of benzene rings is 1. The van der Waals surface area contributed by atoms with E-state index >= 15 is 0 Å². The van der Waals surface area contributed by atoms with Crippen molar-refractivity contribution in [2.24, 2.45) is 0 Å². The topological polar surface area (TPSA) is 41.6 Å². The molecule has 0 aliphatic heterocycles. The second-order valence-electron chi connectivity index (χ2n) is 4.41. The molecule has 0 atom stereocenters. The summed E-state index contributed by atoms with van der Waals surface area (Å²) in [5.41, 5.74) is 1.20. The molecule has 1 aromatic rings. The van der Waals surface area contributed by atoms with Crippen LogP contribution in [0.3, 0.4) is 0 Å². The van der Waals surface area contributed by atoms with Gasteiger partial charge in [-0.2, -0.15) is 0 Å². The standard InChI is InChI=1S/C15H24N2O2/c1-4-17(5-2)12-15(18)16-11-10-13-6-8-14(19-3)9-7-13/h6-9H,4-5,10-12H2,1-3H3,(H,16,18). The van der Waals surface area contributed by atoms with Gasteiger partial charge in [0.2, 0.25) is 5.91 Å². The van der Waals surface area contributed by atoms with Crippen LogP contribution in [0.2, 0.25) is 0 Å². The summed E-state index contributed by atoms with van der Waals surface area (Å²) in [7, 11) is 1.66. The molecule has 4 nitrogen and oxygen atoms in total. The number of rotatable bonds is 8. The summed E-state index contributed by atoms with van der Waals surface area (Å²) in [5.74, 6) is 0.950. The van der Waals surface area contributed by atoms with E-state index in [1.54, 1.807) is 7.11 Å². The van der Waals surface area contributed by atoms with Crippen LogP contribution < -0.4 is 10.1 Å². The highest BCUT2D eigenvalue weighted by Gasteiger charge is 2.06. The lowest BCUT2D eigenvalue weighted by Gasteiger charge is -2.17. The van der Waals surface area contributed by atoms with Gasteiger partial charge in [-0.3, -0.25) is 9.69 Å². The van der Waals surface area contributed by atoms with E-state index in [1.165, 1.54) is 5.56 Å². The summed E-state index contributed by atoms with van der Waals surface area (Å²) < 4.78 is 5.11. The first-order chi connectivity index (χ1) is 9.19. The Morgan fingerprint density at radius 2 is 1.84 bits per heavy atom. The Balaban J connectivity index is 2.27. The minimum atomic E-state index is 0.0946. The van der Waals surface area contributed by atoms with Gasteiger partial charge in [-0.25, -0.2) is 0 Å². The SMILES string of the molecule is CCN(CC)CC(=O)NCCc1ccc(OC)cc1. The van der Waals surface area contributed by atoms with E-state index in [0.717, 1.165) is 25.3 Å². The number of carbonyl (C=O) groups is 1. The van der Waals surface area contributed by atoms with E-state index < -0.39 is 0 Å². The number of ether oxygens (including phenoxy) is 1. The molecule has 1 rings (SSSR count). The number of hydrogen-bond acceptors (Lipinski definition) is 3. The first-order valence-corrected chi connectivity index (χ1v) is 6.81. The fourth-order valence-corrected chi connectivity index (χ4v) is 1.84. The second kappa shape index (κ2) is 8.53. The summed E-state index contributed by atoms with van der Waals surface area (Å²) in [6, 6.07) is 7.92. The summed E-state index contributed by atoms with van der Waals surface area (Å²) in [5, 5.41) is 2.95. The number of nitrogens with one attached hydrogen (secondary N) is 1. The lowest BCUT2D eigenvalue weighted by atomic mass is 10.1. The molecular weight excluding hydrogens is 240 g/mol. The highest BCUT2D eigenvalue weighted by molar-refractivity contribution is 5.77. The molecule has 0 saturated carbocycles. The Hall–Kier alpha value is -1.55. The molecular formula is C15H24N2O2. The Labute approximate surface area is 115 Å². The van der Waals surface area contributed by atoms with E-state index in [0.29, 0.717) is 13.1 Å². The van der Waals surface area contributed by atoms with Crippen LogP contribution in [0.25, 0.3) is 0 Å². The van der Waals surface area contributed by atoms with Crippen LogP contribution in [0.15, 0.2) is 24.3 Å². The maximum atomic E-state index is 11.7. The van der Waals surface area contributed by atoms with Crippen LogP contribution >= 0.6 is 0 Å². The lowest BCUT2D eigenvalue weighted by Crippen LogP contribution is -2.37. The van der Waals surface area contributed by atoms with Gasteiger partial charge in [-0.15, -0.1) is 0 Å². The molecule has 0 radical (unpaired) electrons. The molecule has 0 saturated heterocycles. The minimum Gasteiger partial charge on any atom is -0.497 e. The largest absolute Gasteiger partial charge is 0.497 e. The smallest absolute Gasteiger partial charge is 0.234 e. The molecule has 0 aliphatic carbocycles. The number of methoxy groups -OCH3 is 1. The van der Waals surface area contributed by atoms with Crippen LogP contribution in [0.5, 0.6) is 5.75 Å². The average molecular weight is 264 g/mol. The number of hydrogen-bond donors (Lipinski definition) is 1. The number of nitrogens with zero attached hydrogens (tertiary/aromatic N) is 1. The summed E-state index contributed by atoms with van der Waals surface area (Å²) in [6.07, 6.45) is 0.841. The Bertz CT molecular complexity index is 372. The van der Waals surface area contributed by atoms with Crippen molar-refractivity contribution < 1.29 is 9.53 Å². The van der Waals surface area contributed by atoms with Crippen LogP contribution in [-0.2, 0) is 11.2 Å². The van der Waals surface area contributed by atoms with Crippen molar-refractivity contribution >= 4 is 5.91 Å². The quantitative estimate of drug-likeness (QED) is 0.777. The first kappa shape index (κ1) is 15.5. The number of likely N-dealkylation sites (N-methyl/N-ethyl adjacent to an activating group) is 1. The van der Waals surface area contributed by atoms with Crippen LogP contribution in [0, 0.1) is 0 Å². The minimum absolute atomic E-state index is 0.0946. The number of amides is 1. The molecule has 1 aromatic carbocycles. The molecule has 0 heterocycles. The molecule has 0 fully saturated rings. The zero-order valence-corrected chi connectivity index (χ0v) is 12.1. The molecule has 0 aliphatic rings. The molecule has 106 valence electrons. The van der Waals surface area contributed by atoms with Crippen molar-refractivity contribution in [3.05, 3.63) is 29.8 Å². The van der Waals surface area contributed by atoms with Gasteiger partial charge in [0.15, 0.2) is 0 Å². The van der Waals surface area contributed by atoms with Crippen molar-refractivity contribution in [3.8, 4) is 5.75 Å². The maximum Gasteiger partial charge on any atom is 0.234 e. The van der Waals surface area contributed by atoms with Crippen molar-refractivity contribution in [1.29, 1.82) is 0 Å². The Morgan fingerprint density at radius 1 is 1.21 bits per heavy atom. The maximum absolute atomic E-state index is 11.7. The molecule has 4 heteroatoms. The van der Waals surface area contributed by atoms with Gasteiger partial charge < -0.3 is 10.1 Å². The van der Waals surface area contributed by atoms with Crippen LogP contribution in [-0.4, -0.2) is 44.1 Å². The van der Waals surface area contributed by atoms with E-state index in [-0.39, 0.29) is 5.91 Å². The summed E-state index contributed by atoms with van der Waals surface area (Å²) in [6.45, 7) is 7.09. The van der Waals surface area contributed by atoms with E-state index in [1.807, 2.05) is 24.3 Å². The van der Waals surface area contributed by atoms with Crippen molar-refractivity contribution in [2.45, 2.75) is 20.3 Å².